The molecule has 0 aromatic carbocycles. The van der Waals surface area contributed by atoms with E-state index in [1.165, 1.54) is 6.20 Å². The Kier molecular flexibility index (Phi) is 3.85. The number of rotatable bonds is 5. The minimum absolute atomic E-state index is 0.0562. The highest BCUT2D eigenvalue weighted by molar-refractivity contribution is 7.87. The molecule has 1 aromatic heterocycles. The van der Waals surface area contributed by atoms with Crippen LogP contribution < -0.4 is 9.44 Å². The van der Waals surface area contributed by atoms with E-state index in [0.29, 0.717) is 18.7 Å². The van der Waals surface area contributed by atoms with Gasteiger partial charge < -0.3 is 10.1 Å². The average Bonchev–Trinajstić information content (AvgIpc) is 2.69. The Labute approximate surface area is 123 Å². The van der Waals surface area contributed by atoms with Gasteiger partial charge in [-0.15, -0.1) is 0 Å². The smallest absolute Gasteiger partial charge is 0.353 e. The average molecular weight is 316 g/mol. The third-order valence-electron chi connectivity index (χ3n) is 3.24. The van der Waals surface area contributed by atoms with Gasteiger partial charge in [0.2, 0.25) is 0 Å². The molecule has 0 amide bonds. The van der Waals surface area contributed by atoms with Crippen LogP contribution in [0.4, 0.5) is 0 Å². The quantitative estimate of drug-likeness (QED) is 0.637. The lowest BCUT2D eigenvalue weighted by atomic mass is 9.77. The zero-order valence-electron chi connectivity index (χ0n) is 12.2. The molecular weight excluding hydrogens is 296 g/mol. The molecule has 0 unspecified atom stereocenters. The molecule has 4 N–H and O–H groups in total. The van der Waals surface area contributed by atoms with Crippen molar-refractivity contribution in [2.24, 2.45) is 0 Å². The minimum Gasteiger partial charge on any atom is -0.477 e. The molecule has 8 nitrogen and oxygen atoms in total. The maximum absolute atomic E-state index is 12.2. The SMILES string of the molecule is CC(C)(C)NS(=O)(=O)NC1(c2ncc(C(=O)O)[nH]2)CCC1. The van der Waals surface area contributed by atoms with Crippen LogP contribution >= 0.6 is 0 Å². The maximum Gasteiger partial charge on any atom is 0.353 e. The first kappa shape index (κ1) is 15.9. The standard InChI is InChI=1S/C12H20N4O4S/c1-11(2,3)15-21(19,20)16-12(5-4-6-12)10-13-7-8(14-10)9(17)18/h7,15-16H,4-6H2,1-3H3,(H,13,14)(H,17,18). The number of hydrogen-bond donors (Lipinski definition) is 4. The number of carboxylic acids is 1. The molecular formula is C12H20N4O4S. The van der Waals surface area contributed by atoms with Crippen LogP contribution in [0.5, 0.6) is 0 Å². The monoisotopic (exact) mass is 316 g/mol. The topological polar surface area (TPSA) is 124 Å². The van der Waals surface area contributed by atoms with Gasteiger partial charge in [-0.2, -0.15) is 17.9 Å². The summed E-state index contributed by atoms with van der Waals surface area (Å²) in [4.78, 5) is 17.6. The van der Waals surface area contributed by atoms with Gasteiger partial charge in [-0.05, 0) is 40.0 Å². The summed E-state index contributed by atoms with van der Waals surface area (Å²) >= 11 is 0. The highest BCUT2D eigenvalue weighted by Gasteiger charge is 2.45. The molecule has 1 saturated carbocycles. The molecule has 0 bridgehead atoms. The van der Waals surface area contributed by atoms with Gasteiger partial charge in [0.05, 0.1) is 11.7 Å². The first-order chi connectivity index (χ1) is 9.53. The lowest BCUT2D eigenvalue weighted by molar-refractivity contribution is 0.0690. The van der Waals surface area contributed by atoms with Crippen LogP contribution in [0.15, 0.2) is 6.20 Å². The molecule has 0 atom stereocenters. The molecule has 0 spiro atoms. The number of nitrogens with one attached hydrogen (secondary N) is 3. The largest absolute Gasteiger partial charge is 0.477 e. The van der Waals surface area contributed by atoms with Gasteiger partial charge in [-0.3, -0.25) is 0 Å². The van der Waals surface area contributed by atoms with E-state index in [4.69, 9.17) is 5.11 Å². The first-order valence-corrected chi connectivity index (χ1v) is 8.13. The highest BCUT2D eigenvalue weighted by Crippen LogP contribution is 2.40. The predicted molar refractivity (Wildman–Crippen MR) is 76.0 cm³/mol. The Morgan fingerprint density at radius 1 is 1.43 bits per heavy atom. The Morgan fingerprint density at radius 2 is 2.05 bits per heavy atom. The lowest BCUT2D eigenvalue weighted by Gasteiger charge is -2.40. The minimum atomic E-state index is -3.72. The van der Waals surface area contributed by atoms with Gasteiger partial charge in [0.15, 0.2) is 0 Å². The predicted octanol–water partition coefficient (Wildman–Crippen LogP) is 0.710. The Hall–Kier alpha value is -1.45. The van der Waals surface area contributed by atoms with Crippen LogP contribution in [0.3, 0.4) is 0 Å². The molecule has 9 heteroatoms. The number of imidazole rings is 1. The summed E-state index contributed by atoms with van der Waals surface area (Å²) in [5, 5.41) is 8.92. The van der Waals surface area contributed by atoms with E-state index in [0.717, 1.165) is 6.42 Å². The number of aromatic amines is 1. The summed E-state index contributed by atoms with van der Waals surface area (Å²) in [5.41, 5.74) is -1.52. The zero-order valence-corrected chi connectivity index (χ0v) is 13.0. The van der Waals surface area contributed by atoms with Crippen LogP contribution in [0.1, 0.15) is 56.3 Å². The van der Waals surface area contributed by atoms with Gasteiger partial charge in [-0.25, -0.2) is 9.78 Å². The van der Waals surface area contributed by atoms with Crippen molar-refractivity contribution in [3.63, 3.8) is 0 Å². The van der Waals surface area contributed by atoms with Crippen molar-refractivity contribution in [1.82, 2.24) is 19.4 Å². The molecule has 118 valence electrons. The number of carboxylic acid groups (broad SMARTS) is 1. The van der Waals surface area contributed by atoms with Gasteiger partial charge in [0, 0.05) is 5.54 Å². The summed E-state index contributed by atoms with van der Waals surface area (Å²) < 4.78 is 29.5. The van der Waals surface area contributed by atoms with E-state index in [9.17, 15) is 13.2 Å². The van der Waals surface area contributed by atoms with Crippen molar-refractivity contribution in [2.45, 2.75) is 51.1 Å². The third kappa shape index (κ3) is 3.60. The van der Waals surface area contributed by atoms with E-state index in [1.807, 2.05) is 0 Å². The summed E-state index contributed by atoms with van der Waals surface area (Å²) in [5.74, 6) is -0.788. The fourth-order valence-corrected chi connectivity index (χ4v) is 3.95. The van der Waals surface area contributed by atoms with Gasteiger partial charge in [-0.1, -0.05) is 0 Å². The summed E-state index contributed by atoms with van der Waals surface area (Å²) in [6.07, 6.45) is 3.19. The molecule has 1 fully saturated rings. The van der Waals surface area contributed by atoms with E-state index < -0.39 is 27.3 Å². The second-order valence-corrected chi connectivity index (χ2v) is 7.76. The molecule has 0 saturated heterocycles. The fourth-order valence-electron chi connectivity index (χ4n) is 2.28. The van der Waals surface area contributed by atoms with Crippen LogP contribution in [0.2, 0.25) is 0 Å². The number of hydrogen-bond acceptors (Lipinski definition) is 4. The Morgan fingerprint density at radius 3 is 2.43 bits per heavy atom. The van der Waals surface area contributed by atoms with Crippen molar-refractivity contribution >= 4 is 16.2 Å². The van der Waals surface area contributed by atoms with Gasteiger partial charge >= 0.3 is 5.97 Å². The van der Waals surface area contributed by atoms with Crippen molar-refractivity contribution in [2.75, 3.05) is 0 Å². The fraction of sp³-hybridized carbons (Fsp3) is 0.667. The van der Waals surface area contributed by atoms with E-state index in [-0.39, 0.29) is 5.69 Å². The van der Waals surface area contributed by atoms with Crippen LogP contribution in [0.25, 0.3) is 0 Å². The number of nitrogens with zero attached hydrogens (tertiary/aromatic N) is 1. The number of aromatic nitrogens is 2. The summed E-state index contributed by atoms with van der Waals surface area (Å²) in [7, 11) is -3.72. The maximum atomic E-state index is 12.2. The second-order valence-electron chi connectivity index (χ2n) is 6.34. The number of aromatic carboxylic acids is 1. The lowest BCUT2D eigenvalue weighted by Crippen LogP contribution is -2.57. The van der Waals surface area contributed by atoms with Crippen LogP contribution in [-0.4, -0.2) is 35.0 Å². The molecule has 1 aromatic rings. The van der Waals surface area contributed by atoms with E-state index in [1.54, 1.807) is 20.8 Å². The number of H-pyrrole nitrogens is 1. The summed E-state index contributed by atoms with van der Waals surface area (Å²) in [6.45, 7) is 5.24. The summed E-state index contributed by atoms with van der Waals surface area (Å²) in [6, 6.07) is 0. The molecule has 1 heterocycles. The van der Waals surface area contributed by atoms with E-state index >= 15 is 0 Å². The van der Waals surface area contributed by atoms with Crippen molar-refractivity contribution < 1.29 is 18.3 Å². The second kappa shape index (κ2) is 5.08. The van der Waals surface area contributed by atoms with Gasteiger partial charge in [0.1, 0.15) is 11.5 Å². The molecule has 0 radical (unpaired) electrons. The Balaban J connectivity index is 2.24. The van der Waals surface area contributed by atoms with Crippen LogP contribution in [0, 0.1) is 0 Å². The highest BCUT2D eigenvalue weighted by atomic mass is 32.2. The first-order valence-electron chi connectivity index (χ1n) is 6.65. The Bertz CT molecular complexity index is 640. The normalized spacial score (nSPS) is 18.2. The number of carbonyl (C=O) groups is 1. The molecule has 1 aliphatic carbocycles. The van der Waals surface area contributed by atoms with Crippen LogP contribution in [-0.2, 0) is 15.7 Å². The van der Waals surface area contributed by atoms with Crippen molar-refractivity contribution in [3.05, 3.63) is 17.7 Å². The van der Waals surface area contributed by atoms with Crippen molar-refractivity contribution in [3.8, 4) is 0 Å². The molecule has 2 rings (SSSR count). The molecule has 0 aliphatic heterocycles. The van der Waals surface area contributed by atoms with E-state index in [2.05, 4.69) is 19.4 Å². The van der Waals surface area contributed by atoms with Gasteiger partial charge in [0.25, 0.3) is 10.2 Å². The third-order valence-corrected chi connectivity index (χ3v) is 4.78. The van der Waals surface area contributed by atoms with Crippen molar-refractivity contribution in [1.29, 1.82) is 0 Å². The molecule has 1 aliphatic rings. The zero-order chi connectivity index (χ0) is 15.9. The molecule has 21 heavy (non-hydrogen) atoms.